The lowest BCUT2D eigenvalue weighted by Crippen LogP contribution is -2.36. The van der Waals surface area contributed by atoms with Crippen molar-refractivity contribution in [3.05, 3.63) is 34.8 Å². The molecular weight excluding hydrogens is 310 g/mol. The number of hydrogen-bond acceptors (Lipinski definition) is 5. The van der Waals surface area contributed by atoms with E-state index in [0.29, 0.717) is 11.5 Å². The van der Waals surface area contributed by atoms with Gasteiger partial charge in [-0.2, -0.15) is 0 Å². The number of hydrogen-bond donors (Lipinski definition) is 2. The normalized spacial score (nSPS) is 17.2. The van der Waals surface area contributed by atoms with E-state index in [4.69, 9.17) is 4.74 Å². The maximum absolute atomic E-state index is 12.4. The molecule has 2 aromatic rings. The highest BCUT2D eigenvalue weighted by molar-refractivity contribution is 7.17. The van der Waals surface area contributed by atoms with E-state index < -0.39 is 0 Å². The van der Waals surface area contributed by atoms with Crippen LogP contribution in [-0.2, 0) is 0 Å². The van der Waals surface area contributed by atoms with E-state index in [1.807, 2.05) is 38.1 Å². The summed E-state index contributed by atoms with van der Waals surface area (Å²) in [6, 6.07) is 8.04. The Morgan fingerprint density at radius 1 is 1.43 bits per heavy atom. The number of ether oxygens (including phenoxy) is 1. The predicted molar refractivity (Wildman–Crippen MR) is 92.2 cm³/mol. The largest absolute Gasteiger partial charge is 0.494 e. The second kappa shape index (κ2) is 7.10. The van der Waals surface area contributed by atoms with Gasteiger partial charge in [-0.1, -0.05) is 0 Å². The highest BCUT2D eigenvalue weighted by Crippen LogP contribution is 2.29. The summed E-state index contributed by atoms with van der Waals surface area (Å²) in [6.07, 6.45) is 0.981. The van der Waals surface area contributed by atoms with Gasteiger partial charge in [0, 0.05) is 18.2 Å². The molecule has 1 aromatic carbocycles. The zero-order chi connectivity index (χ0) is 16.2. The number of thiazole rings is 1. The number of carbonyl (C=O) groups excluding carboxylic acids is 1. The second-order valence-corrected chi connectivity index (χ2v) is 6.55. The summed E-state index contributed by atoms with van der Waals surface area (Å²) in [4.78, 5) is 17.7. The molecule has 1 fully saturated rings. The van der Waals surface area contributed by atoms with Crippen LogP contribution >= 0.6 is 11.3 Å². The molecule has 0 aliphatic carbocycles. The van der Waals surface area contributed by atoms with Crippen molar-refractivity contribution < 1.29 is 9.53 Å². The van der Waals surface area contributed by atoms with Crippen molar-refractivity contribution >= 4 is 17.2 Å². The Morgan fingerprint density at radius 2 is 2.22 bits per heavy atom. The number of aryl methyl sites for hydroxylation is 1. The summed E-state index contributed by atoms with van der Waals surface area (Å²) in [5, 5.41) is 7.19. The molecule has 2 N–H and O–H groups in total. The predicted octanol–water partition coefficient (Wildman–Crippen LogP) is 2.61. The van der Waals surface area contributed by atoms with Gasteiger partial charge in [0.1, 0.15) is 15.6 Å². The Hall–Kier alpha value is -1.92. The summed E-state index contributed by atoms with van der Waals surface area (Å²) >= 11 is 1.44. The quantitative estimate of drug-likeness (QED) is 0.884. The highest BCUT2D eigenvalue weighted by Gasteiger charge is 2.21. The molecule has 23 heavy (non-hydrogen) atoms. The molecule has 2 heterocycles. The fourth-order valence-electron chi connectivity index (χ4n) is 2.62. The van der Waals surface area contributed by atoms with Gasteiger partial charge in [0.2, 0.25) is 0 Å². The molecule has 3 rings (SSSR count). The summed E-state index contributed by atoms with van der Waals surface area (Å²) in [5.74, 6) is 0.821. The first-order chi connectivity index (χ1) is 11.2. The number of nitrogens with zero attached hydrogens (tertiary/aromatic N) is 1. The topological polar surface area (TPSA) is 63.2 Å². The van der Waals surface area contributed by atoms with Gasteiger partial charge in [0.25, 0.3) is 5.91 Å². The Kier molecular flexibility index (Phi) is 4.93. The molecule has 122 valence electrons. The van der Waals surface area contributed by atoms with Gasteiger partial charge in [-0.15, -0.1) is 11.3 Å². The van der Waals surface area contributed by atoms with Crippen LogP contribution in [0.5, 0.6) is 5.75 Å². The molecule has 1 atom stereocenters. The average Bonchev–Trinajstić information content (AvgIpc) is 3.18. The third-order valence-electron chi connectivity index (χ3n) is 3.81. The first-order valence-electron chi connectivity index (χ1n) is 7.89. The third-order valence-corrected chi connectivity index (χ3v) is 5.02. The van der Waals surface area contributed by atoms with Crippen molar-refractivity contribution in [3.8, 4) is 16.3 Å². The van der Waals surface area contributed by atoms with Crippen LogP contribution < -0.4 is 15.4 Å². The fourth-order valence-corrected chi connectivity index (χ4v) is 3.59. The van der Waals surface area contributed by atoms with E-state index >= 15 is 0 Å². The van der Waals surface area contributed by atoms with Crippen LogP contribution in [0.1, 0.15) is 28.7 Å². The number of amides is 1. The Bertz CT molecular complexity index is 676. The van der Waals surface area contributed by atoms with Crippen molar-refractivity contribution in [2.24, 2.45) is 0 Å². The SMILES string of the molecule is CCOc1ccc(-c2nc(C)c(C(=O)NC3CCNC3)s2)cc1. The summed E-state index contributed by atoms with van der Waals surface area (Å²) in [7, 11) is 0. The van der Waals surface area contributed by atoms with Crippen molar-refractivity contribution in [3.63, 3.8) is 0 Å². The zero-order valence-electron chi connectivity index (χ0n) is 13.4. The molecule has 0 bridgehead atoms. The number of rotatable bonds is 5. The number of benzene rings is 1. The molecule has 1 amide bonds. The Morgan fingerprint density at radius 3 is 2.87 bits per heavy atom. The lowest BCUT2D eigenvalue weighted by molar-refractivity contribution is 0.0943. The summed E-state index contributed by atoms with van der Waals surface area (Å²) in [6.45, 7) is 6.30. The molecule has 0 saturated carbocycles. The van der Waals surface area contributed by atoms with Gasteiger partial charge in [-0.3, -0.25) is 4.79 Å². The second-order valence-electron chi connectivity index (χ2n) is 5.55. The molecule has 1 aromatic heterocycles. The average molecular weight is 331 g/mol. The molecule has 1 aliphatic heterocycles. The minimum Gasteiger partial charge on any atom is -0.494 e. The maximum atomic E-state index is 12.4. The van der Waals surface area contributed by atoms with Gasteiger partial charge in [0.05, 0.1) is 12.3 Å². The lowest BCUT2D eigenvalue weighted by atomic mass is 10.2. The molecule has 6 heteroatoms. The van der Waals surface area contributed by atoms with Gasteiger partial charge < -0.3 is 15.4 Å². The minimum absolute atomic E-state index is 0.0223. The maximum Gasteiger partial charge on any atom is 0.263 e. The van der Waals surface area contributed by atoms with E-state index in [0.717, 1.165) is 41.5 Å². The molecule has 0 radical (unpaired) electrons. The number of nitrogens with one attached hydrogen (secondary N) is 2. The summed E-state index contributed by atoms with van der Waals surface area (Å²) in [5.41, 5.74) is 1.78. The van der Waals surface area contributed by atoms with Crippen LogP contribution in [0.25, 0.3) is 10.6 Å². The van der Waals surface area contributed by atoms with Gasteiger partial charge in [-0.25, -0.2) is 4.98 Å². The van der Waals surface area contributed by atoms with Crippen LogP contribution in [0, 0.1) is 6.92 Å². The van der Waals surface area contributed by atoms with Crippen LogP contribution in [0.3, 0.4) is 0 Å². The van der Waals surface area contributed by atoms with E-state index in [9.17, 15) is 4.79 Å². The Balaban J connectivity index is 1.75. The first kappa shape index (κ1) is 16.0. The van der Waals surface area contributed by atoms with E-state index in [-0.39, 0.29) is 11.9 Å². The van der Waals surface area contributed by atoms with Crippen LogP contribution in [0.15, 0.2) is 24.3 Å². The molecular formula is C17H21N3O2S. The smallest absolute Gasteiger partial charge is 0.263 e. The van der Waals surface area contributed by atoms with E-state index in [1.165, 1.54) is 11.3 Å². The van der Waals surface area contributed by atoms with Crippen LogP contribution in [-0.4, -0.2) is 36.6 Å². The number of carbonyl (C=O) groups is 1. The zero-order valence-corrected chi connectivity index (χ0v) is 14.2. The van der Waals surface area contributed by atoms with E-state index in [1.54, 1.807) is 0 Å². The third kappa shape index (κ3) is 3.71. The van der Waals surface area contributed by atoms with Gasteiger partial charge in [-0.05, 0) is 51.1 Å². The van der Waals surface area contributed by atoms with E-state index in [2.05, 4.69) is 15.6 Å². The van der Waals surface area contributed by atoms with Crippen molar-refractivity contribution in [2.45, 2.75) is 26.3 Å². The summed E-state index contributed by atoms with van der Waals surface area (Å²) < 4.78 is 5.45. The van der Waals surface area contributed by atoms with Crippen molar-refractivity contribution in [1.29, 1.82) is 0 Å². The minimum atomic E-state index is -0.0223. The Labute approximate surface area is 140 Å². The molecule has 5 nitrogen and oxygen atoms in total. The fraction of sp³-hybridized carbons (Fsp3) is 0.412. The van der Waals surface area contributed by atoms with Crippen molar-refractivity contribution in [2.75, 3.05) is 19.7 Å². The van der Waals surface area contributed by atoms with Crippen LogP contribution in [0.2, 0.25) is 0 Å². The van der Waals surface area contributed by atoms with Gasteiger partial charge in [0.15, 0.2) is 0 Å². The van der Waals surface area contributed by atoms with Crippen molar-refractivity contribution in [1.82, 2.24) is 15.6 Å². The molecule has 1 saturated heterocycles. The first-order valence-corrected chi connectivity index (χ1v) is 8.71. The lowest BCUT2D eigenvalue weighted by Gasteiger charge is -2.09. The highest BCUT2D eigenvalue weighted by atomic mass is 32.1. The molecule has 1 aliphatic rings. The molecule has 0 spiro atoms. The van der Waals surface area contributed by atoms with Gasteiger partial charge >= 0.3 is 0 Å². The number of aromatic nitrogens is 1. The standard InChI is InChI=1S/C17H21N3O2S/c1-3-22-14-6-4-12(5-7-14)17-19-11(2)15(23-17)16(21)20-13-8-9-18-10-13/h4-7,13,18H,3,8-10H2,1-2H3,(H,20,21). The van der Waals surface area contributed by atoms with Crippen LogP contribution in [0.4, 0.5) is 0 Å². The monoisotopic (exact) mass is 331 g/mol. The molecule has 1 unspecified atom stereocenters.